The molecule has 0 atom stereocenters. The highest BCUT2D eigenvalue weighted by molar-refractivity contribution is 7.71. The van der Waals surface area contributed by atoms with Gasteiger partial charge in [-0.25, -0.2) is 10.1 Å². The van der Waals surface area contributed by atoms with Crippen LogP contribution < -0.4 is 0 Å². The Balaban J connectivity index is 2.13. The van der Waals surface area contributed by atoms with E-state index in [1.807, 2.05) is 0 Å². The molecule has 0 aliphatic heterocycles. The number of thiazole rings is 1. The minimum Gasteiger partial charge on any atom is -0.408 e. The lowest BCUT2D eigenvalue weighted by Gasteiger charge is -2.15. The van der Waals surface area contributed by atoms with Gasteiger partial charge < -0.3 is 4.42 Å². The molecule has 1 N–H and O–H groups in total. The van der Waals surface area contributed by atoms with E-state index < -0.39 is 0 Å². The van der Waals surface area contributed by atoms with Crippen LogP contribution in [0.1, 0.15) is 18.9 Å². The third kappa shape index (κ3) is 2.99. The van der Waals surface area contributed by atoms with E-state index in [4.69, 9.17) is 16.6 Å². The summed E-state index contributed by atoms with van der Waals surface area (Å²) in [6.07, 6.45) is 1.78. The zero-order valence-corrected chi connectivity index (χ0v) is 11.4. The predicted octanol–water partition coefficient (Wildman–Crippen LogP) is 2.70. The summed E-state index contributed by atoms with van der Waals surface area (Å²) in [6.45, 7) is 7.20. The fourth-order valence-corrected chi connectivity index (χ4v) is 2.47. The standard InChI is InChI=1S/C10H14N4OS2/c1-3-14(4-2)6-8-11-5-7(17-8)9-12-13-10(16)15-9/h5H,3-4,6H2,1-2H3,(H,13,16). The van der Waals surface area contributed by atoms with Gasteiger partial charge in [0.25, 0.3) is 10.7 Å². The first-order valence-electron chi connectivity index (χ1n) is 5.45. The highest BCUT2D eigenvalue weighted by Gasteiger charge is 2.10. The molecule has 0 saturated carbocycles. The van der Waals surface area contributed by atoms with Crippen molar-refractivity contribution >= 4 is 23.6 Å². The average molecular weight is 270 g/mol. The summed E-state index contributed by atoms with van der Waals surface area (Å²) in [5.41, 5.74) is 0. The maximum atomic E-state index is 5.25. The second-order valence-corrected chi connectivity index (χ2v) is 4.98. The first-order chi connectivity index (χ1) is 8.22. The lowest BCUT2D eigenvalue weighted by molar-refractivity contribution is 0.295. The first-order valence-corrected chi connectivity index (χ1v) is 6.68. The largest absolute Gasteiger partial charge is 0.408 e. The average Bonchev–Trinajstić information content (AvgIpc) is 2.94. The molecule has 0 aliphatic carbocycles. The number of rotatable bonds is 5. The van der Waals surface area contributed by atoms with E-state index in [9.17, 15) is 0 Å². The lowest BCUT2D eigenvalue weighted by Crippen LogP contribution is -2.21. The van der Waals surface area contributed by atoms with E-state index in [2.05, 4.69) is 33.9 Å². The van der Waals surface area contributed by atoms with Gasteiger partial charge in [0.2, 0.25) is 0 Å². The van der Waals surface area contributed by atoms with Crippen LogP contribution in [-0.2, 0) is 6.54 Å². The zero-order chi connectivity index (χ0) is 12.3. The summed E-state index contributed by atoms with van der Waals surface area (Å²) in [5, 5.41) is 7.65. The molecule has 2 rings (SSSR count). The number of aromatic amines is 1. The van der Waals surface area contributed by atoms with E-state index in [0.29, 0.717) is 10.7 Å². The zero-order valence-electron chi connectivity index (χ0n) is 9.77. The van der Waals surface area contributed by atoms with Crippen molar-refractivity contribution in [2.24, 2.45) is 0 Å². The van der Waals surface area contributed by atoms with Gasteiger partial charge in [0.05, 0.1) is 12.7 Å². The molecule has 5 nitrogen and oxygen atoms in total. The number of nitrogens with one attached hydrogen (secondary N) is 1. The fraction of sp³-hybridized carbons (Fsp3) is 0.500. The molecule has 0 aromatic carbocycles. The van der Waals surface area contributed by atoms with E-state index >= 15 is 0 Å². The summed E-state index contributed by atoms with van der Waals surface area (Å²) in [5.74, 6) is 0.512. The predicted molar refractivity (Wildman–Crippen MR) is 69.4 cm³/mol. The van der Waals surface area contributed by atoms with Crippen molar-refractivity contribution in [3.63, 3.8) is 0 Å². The second kappa shape index (κ2) is 5.52. The Morgan fingerprint density at radius 3 is 2.82 bits per heavy atom. The molecule has 2 aromatic rings. The Kier molecular flexibility index (Phi) is 4.03. The normalized spacial score (nSPS) is 11.2. The SMILES string of the molecule is CCN(CC)Cc1ncc(-c2n[nH]c(=S)o2)s1. The molecule has 2 heterocycles. The topological polar surface area (TPSA) is 58.0 Å². The number of hydrogen-bond donors (Lipinski definition) is 1. The summed E-state index contributed by atoms with van der Waals surface area (Å²) < 4.78 is 5.25. The molecule has 2 aromatic heterocycles. The van der Waals surface area contributed by atoms with Crippen molar-refractivity contribution in [3.8, 4) is 10.8 Å². The van der Waals surface area contributed by atoms with Gasteiger partial charge >= 0.3 is 0 Å². The van der Waals surface area contributed by atoms with Gasteiger partial charge in [-0.2, -0.15) is 0 Å². The fourth-order valence-electron chi connectivity index (χ4n) is 1.46. The Hall–Kier alpha value is -1.05. The Morgan fingerprint density at radius 2 is 2.24 bits per heavy atom. The van der Waals surface area contributed by atoms with E-state index in [-0.39, 0.29) is 0 Å². The van der Waals surface area contributed by atoms with Crippen LogP contribution >= 0.6 is 23.6 Å². The monoisotopic (exact) mass is 270 g/mol. The lowest BCUT2D eigenvalue weighted by atomic mass is 10.5. The van der Waals surface area contributed by atoms with E-state index in [0.717, 1.165) is 29.5 Å². The van der Waals surface area contributed by atoms with Crippen LogP contribution in [0.25, 0.3) is 10.8 Å². The van der Waals surface area contributed by atoms with E-state index in [1.165, 1.54) is 0 Å². The molecule has 7 heteroatoms. The van der Waals surface area contributed by atoms with Gasteiger partial charge in [-0.3, -0.25) is 4.90 Å². The van der Waals surface area contributed by atoms with Crippen LogP contribution in [0.2, 0.25) is 0 Å². The molecule has 0 bridgehead atoms. The molecule has 0 radical (unpaired) electrons. The summed E-state index contributed by atoms with van der Waals surface area (Å²) in [7, 11) is 0. The number of aromatic nitrogens is 3. The minimum atomic E-state index is 0.290. The highest BCUT2D eigenvalue weighted by Crippen LogP contribution is 2.24. The highest BCUT2D eigenvalue weighted by atomic mass is 32.1. The van der Waals surface area contributed by atoms with Crippen molar-refractivity contribution in [1.29, 1.82) is 0 Å². The molecule has 0 spiro atoms. The second-order valence-electron chi connectivity index (χ2n) is 3.50. The van der Waals surface area contributed by atoms with Crippen molar-refractivity contribution < 1.29 is 4.42 Å². The molecule has 17 heavy (non-hydrogen) atoms. The van der Waals surface area contributed by atoms with Gasteiger partial charge in [0, 0.05) is 0 Å². The van der Waals surface area contributed by atoms with Crippen LogP contribution in [0.15, 0.2) is 10.6 Å². The maximum Gasteiger partial charge on any atom is 0.284 e. The number of H-pyrrole nitrogens is 1. The Bertz CT molecular complexity index is 526. The quantitative estimate of drug-likeness (QED) is 0.847. The van der Waals surface area contributed by atoms with Crippen LogP contribution in [0, 0.1) is 4.84 Å². The summed E-state index contributed by atoms with van der Waals surface area (Å²) in [4.78, 5) is 7.87. The first kappa shape index (κ1) is 12.4. The van der Waals surface area contributed by atoms with Gasteiger partial charge in [0.15, 0.2) is 0 Å². The van der Waals surface area contributed by atoms with Crippen LogP contribution in [0.5, 0.6) is 0 Å². The molecule has 92 valence electrons. The van der Waals surface area contributed by atoms with Crippen LogP contribution in [-0.4, -0.2) is 33.2 Å². The van der Waals surface area contributed by atoms with Crippen LogP contribution in [0.3, 0.4) is 0 Å². The van der Waals surface area contributed by atoms with Gasteiger partial charge in [-0.15, -0.1) is 16.4 Å². The van der Waals surface area contributed by atoms with Crippen LogP contribution in [0.4, 0.5) is 0 Å². The van der Waals surface area contributed by atoms with Crippen molar-refractivity contribution in [2.75, 3.05) is 13.1 Å². The van der Waals surface area contributed by atoms with Crippen molar-refractivity contribution in [1.82, 2.24) is 20.1 Å². The Morgan fingerprint density at radius 1 is 1.47 bits per heavy atom. The third-order valence-corrected chi connectivity index (χ3v) is 3.60. The number of nitrogens with zero attached hydrogens (tertiary/aromatic N) is 3. The van der Waals surface area contributed by atoms with Crippen molar-refractivity contribution in [2.45, 2.75) is 20.4 Å². The summed E-state index contributed by atoms with van der Waals surface area (Å²) >= 11 is 6.42. The Labute approximate surface area is 108 Å². The molecular formula is C10H14N4OS2. The molecule has 0 saturated heterocycles. The maximum absolute atomic E-state index is 5.25. The third-order valence-electron chi connectivity index (χ3n) is 2.46. The van der Waals surface area contributed by atoms with Gasteiger partial charge in [0.1, 0.15) is 9.88 Å². The molecular weight excluding hydrogens is 256 g/mol. The van der Waals surface area contributed by atoms with Gasteiger partial charge in [-0.1, -0.05) is 13.8 Å². The molecule has 0 aliphatic rings. The smallest absolute Gasteiger partial charge is 0.284 e. The van der Waals surface area contributed by atoms with Gasteiger partial charge in [-0.05, 0) is 25.3 Å². The molecule has 0 fully saturated rings. The summed E-state index contributed by atoms with van der Waals surface area (Å²) in [6, 6.07) is 0. The minimum absolute atomic E-state index is 0.290. The van der Waals surface area contributed by atoms with Crippen molar-refractivity contribution in [3.05, 3.63) is 16.0 Å². The molecule has 0 unspecified atom stereocenters. The van der Waals surface area contributed by atoms with E-state index in [1.54, 1.807) is 17.5 Å². The molecule has 0 amide bonds. The number of hydrogen-bond acceptors (Lipinski definition) is 6.